The largest absolute Gasteiger partial charge is 0.468 e. The minimum Gasteiger partial charge on any atom is -0.468 e. The number of carbonyl (C=O) groups is 1. The fourth-order valence-electron chi connectivity index (χ4n) is 2.13. The van der Waals surface area contributed by atoms with Crippen molar-refractivity contribution in [2.75, 3.05) is 21.2 Å². The molecule has 1 unspecified atom stereocenters. The molecule has 1 aliphatic rings. The van der Waals surface area contributed by atoms with E-state index in [-0.39, 0.29) is 5.97 Å². The zero-order valence-corrected chi connectivity index (χ0v) is 14.2. The Bertz CT molecular complexity index is 681. The van der Waals surface area contributed by atoms with Crippen molar-refractivity contribution >= 4 is 18.2 Å². The molecule has 2 rings (SSSR count). The first-order valence-electron chi connectivity index (χ1n) is 7.29. The fourth-order valence-corrected chi connectivity index (χ4v) is 2.40. The lowest BCUT2D eigenvalue weighted by atomic mass is 10.1. The highest BCUT2D eigenvalue weighted by molar-refractivity contribution is 7.71. The predicted molar refractivity (Wildman–Crippen MR) is 86.8 cm³/mol. The van der Waals surface area contributed by atoms with E-state index in [0.717, 1.165) is 29.9 Å². The van der Waals surface area contributed by atoms with Crippen LogP contribution in [0.25, 0.3) is 0 Å². The number of methoxy groups -OCH3 is 1. The van der Waals surface area contributed by atoms with E-state index in [4.69, 9.17) is 12.2 Å². The van der Waals surface area contributed by atoms with Crippen molar-refractivity contribution in [3.63, 3.8) is 0 Å². The van der Waals surface area contributed by atoms with E-state index in [1.807, 2.05) is 19.0 Å². The van der Waals surface area contributed by atoms with E-state index in [2.05, 4.69) is 26.5 Å². The number of aromatic amines is 1. The molecule has 1 saturated carbocycles. The highest BCUT2D eigenvalue weighted by Gasteiger charge is 2.28. The smallest absolute Gasteiger partial charge is 0.320 e. The van der Waals surface area contributed by atoms with Gasteiger partial charge >= 0.3 is 5.97 Å². The van der Waals surface area contributed by atoms with Gasteiger partial charge in [-0.15, -0.1) is 0 Å². The van der Waals surface area contributed by atoms with Crippen molar-refractivity contribution in [3.05, 3.63) is 21.7 Å². The second-order valence-electron chi connectivity index (χ2n) is 5.80. The molecule has 1 N–H and O–H groups in total. The maximum atomic E-state index is 11.4. The highest BCUT2D eigenvalue weighted by Crippen LogP contribution is 2.40. The van der Waals surface area contributed by atoms with Crippen LogP contribution in [0.4, 0.5) is 0 Å². The zero-order chi connectivity index (χ0) is 16.3. The van der Waals surface area contributed by atoms with Gasteiger partial charge in [0.05, 0.1) is 19.2 Å². The molecule has 0 bridgehead atoms. The Kier molecular flexibility index (Phi) is 5.33. The number of hydrogen-bond donors (Lipinski definition) is 1. The molecule has 1 aromatic rings. The van der Waals surface area contributed by atoms with Crippen LogP contribution in [0.2, 0.25) is 0 Å². The van der Waals surface area contributed by atoms with Crippen molar-refractivity contribution in [2.45, 2.75) is 32.2 Å². The maximum absolute atomic E-state index is 11.4. The molecule has 0 aromatic carbocycles. The van der Waals surface area contributed by atoms with Gasteiger partial charge < -0.3 is 14.6 Å². The van der Waals surface area contributed by atoms with Gasteiger partial charge in [-0.1, -0.05) is 24.1 Å². The summed E-state index contributed by atoms with van der Waals surface area (Å²) in [4.78, 5) is 21.3. The number of hydrogen-bond acceptors (Lipinski definition) is 5. The lowest BCUT2D eigenvalue weighted by molar-refractivity contribution is -0.142. The molecule has 1 heterocycles. The summed E-state index contributed by atoms with van der Waals surface area (Å²) in [6, 6.07) is 0. The number of aromatic nitrogens is 2. The molecule has 6 heteroatoms. The van der Waals surface area contributed by atoms with Crippen LogP contribution >= 0.6 is 12.2 Å². The van der Waals surface area contributed by atoms with E-state index in [1.54, 1.807) is 6.92 Å². The topological polar surface area (TPSA) is 58.2 Å². The van der Waals surface area contributed by atoms with Crippen molar-refractivity contribution < 1.29 is 9.53 Å². The minimum atomic E-state index is -0.479. The second-order valence-corrected chi connectivity index (χ2v) is 6.19. The first-order chi connectivity index (χ1) is 10.4. The normalized spacial score (nSPS) is 15.1. The highest BCUT2D eigenvalue weighted by atomic mass is 32.1. The molecule has 1 fully saturated rings. The molecular weight excluding hydrogens is 298 g/mol. The quantitative estimate of drug-likeness (QED) is 0.524. The third kappa shape index (κ3) is 4.15. The van der Waals surface area contributed by atoms with Gasteiger partial charge in [0.15, 0.2) is 0 Å². The molecule has 5 nitrogen and oxygen atoms in total. The van der Waals surface area contributed by atoms with Gasteiger partial charge in [0.25, 0.3) is 0 Å². The molecule has 118 valence electrons. The van der Waals surface area contributed by atoms with E-state index in [9.17, 15) is 4.79 Å². The van der Waals surface area contributed by atoms with Crippen LogP contribution in [0.15, 0.2) is 0 Å². The molecule has 1 aliphatic carbocycles. The number of nitrogens with zero attached hydrogens (tertiary/aromatic N) is 2. The van der Waals surface area contributed by atoms with Crippen LogP contribution in [-0.2, 0) is 16.1 Å². The molecule has 0 radical (unpaired) electrons. The summed E-state index contributed by atoms with van der Waals surface area (Å²) in [6.07, 6.45) is 2.27. The Morgan fingerprint density at radius 1 is 1.55 bits per heavy atom. The first-order valence-corrected chi connectivity index (χ1v) is 7.70. The Labute approximate surface area is 136 Å². The summed E-state index contributed by atoms with van der Waals surface area (Å²) in [6.45, 7) is 2.42. The molecular formula is C16H21N3O2S. The average Bonchev–Trinajstić information content (AvgIpc) is 3.28. The third-order valence-electron chi connectivity index (χ3n) is 3.42. The van der Waals surface area contributed by atoms with Crippen molar-refractivity contribution in [2.24, 2.45) is 5.92 Å². The first kappa shape index (κ1) is 16.7. The zero-order valence-electron chi connectivity index (χ0n) is 13.4. The lowest BCUT2D eigenvalue weighted by Crippen LogP contribution is -2.15. The maximum Gasteiger partial charge on any atom is 0.320 e. The lowest BCUT2D eigenvalue weighted by Gasteiger charge is -2.12. The Hall–Kier alpha value is -1.71. The average molecular weight is 319 g/mol. The number of nitrogens with one attached hydrogen (secondary N) is 1. The Morgan fingerprint density at radius 3 is 2.77 bits per heavy atom. The molecule has 1 atom stereocenters. The van der Waals surface area contributed by atoms with Crippen LogP contribution < -0.4 is 0 Å². The summed E-state index contributed by atoms with van der Waals surface area (Å²) in [7, 11) is 5.34. The van der Waals surface area contributed by atoms with E-state index < -0.39 is 5.92 Å². The second kappa shape index (κ2) is 7.03. The monoisotopic (exact) mass is 319 g/mol. The molecule has 0 amide bonds. The van der Waals surface area contributed by atoms with Gasteiger partial charge in [-0.3, -0.25) is 4.79 Å². The van der Waals surface area contributed by atoms with Crippen molar-refractivity contribution in [1.82, 2.24) is 14.9 Å². The number of esters is 1. The van der Waals surface area contributed by atoms with E-state index >= 15 is 0 Å². The number of ether oxygens (including phenoxy) is 1. The van der Waals surface area contributed by atoms with Gasteiger partial charge in [0.1, 0.15) is 16.4 Å². The van der Waals surface area contributed by atoms with Gasteiger partial charge in [0, 0.05) is 11.6 Å². The minimum absolute atomic E-state index is 0.340. The van der Waals surface area contributed by atoms with Gasteiger partial charge in [-0.2, -0.15) is 0 Å². The number of rotatable bonds is 4. The summed E-state index contributed by atoms with van der Waals surface area (Å²) in [5.74, 6) is 6.45. The Morgan fingerprint density at radius 2 is 2.23 bits per heavy atom. The molecule has 0 aliphatic heterocycles. The number of H-pyrrole nitrogens is 1. The summed E-state index contributed by atoms with van der Waals surface area (Å²) in [5, 5.41) is 0. The summed E-state index contributed by atoms with van der Waals surface area (Å²) >= 11 is 5.40. The van der Waals surface area contributed by atoms with E-state index in [1.165, 1.54) is 7.11 Å². The van der Waals surface area contributed by atoms with Gasteiger partial charge in [0.2, 0.25) is 0 Å². The Balaban J connectivity index is 2.37. The molecule has 0 spiro atoms. The summed E-state index contributed by atoms with van der Waals surface area (Å²) < 4.78 is 5.19. The van der Waals surface area contributed by atoms with Crippen LogP contribution in [0.1, 0.15) is 42.8 Å². The molecule has 0 saturated heterocycles. The van der Waals surface area contributed by atoms with Gasteiger partial charge in [-0.25, -0.2) is 4.98 Å². The van der Waals surface area contributed by atoms with Crippen molar-refractivity contribution in [1.29, 1.82) is 0 Å². The van der Waals surface area contributed by atoms with Crippen LogP contribution in [0.3, 0.4) is 0 Å². The SMILES string of the molecule is COC(=O)C(C)C#Cc1c(C2CC2)[nH]c(CN(C)C)nc1=S. The molecule has 1 aromatic heterocycles. The third-order valence-corrected chi connectivity index (χ3v) is 3.71. The van der Waals surface area contributed by atoms with Crippen LogP contribution in [0.5, 0.6) is 0 Å². The predicted octanol–water partition coefficient (Wildman–Crippen LogP) is 2.24. The summed E-state index contributed by atoms with van der Waals surface area (Å²) in [5.41, 5.74) is 1.80. The van der Waals surface area contributed by atoms with Crippen molar-refractivity contribution in [3.8, 4) is 11.8 Å². The standard InChI is InChI=1S/C16H21N3O2S/c1-10(16(20)21-4)5-8-12-14(11-6-7-11)17-13(9-19(2)3)18-15(12)22/h10-11H,6-7,9H2,1-4H3,(H,17,18,22). The van der Waals surface area contributed by atoms with Crippen LogP contribution in [-0.4, -0.2) is 42.0 Å². The fraction of sp³-hybridized carbons (Fsp3) is 0.562. The number of carbonyl (C=O) groups excluding carboxylic acids is 1. The van der Waals surface area contributed by atoms with E-state index in [0.29, 0.717) is 17.1 Å². The van der Waals surface area contributed by atoms with Crippen LogP contribution in [0, 0.1) is 22.4 Å². The van der Waals surface area contributed by atoms with Gasteiger partial charge in [-0.05, 0) is 33.9 Å². The molecule has 22 heavy (non-hydrogen) atoms.